The van der Waals surface area contributed by atoms with Crippen LogP contribution in [-0.4, -0.2) is 25.5 Å². The van der Waals surface area contributed by atoms with Gasteiger partial charge < -0.3 is 5.32 Å². The van der Waals surface area contributed by atoms with Gasteiger partial charge in [-0.05, 0) is 31.7 Å². The zero-order chi connectivity index (χ0) is 13.4. The zero-order valence-electron chi connectivity index (χ0n) is 10.9. The molecule has 1 rings (SSSR count). The van der Waals surface area contributed by atoms with Crippen molar-refractivity contribution in [2.45, 2.75) is 13.5 Å². The average molecular weight is 331 g/mol. The van der Waals surface area contributed by atoms with Crippen LogP contribution in [0.2, 0.25) is 0 Å². The van der Waals surface area contributed by atoms with Gasteiger partial charge in [0.05, 0.1) is 0 Å². The highest BCUT2D eigenvalue weighted by molar-refractivity contribution is 8.93. The van der Waals surface area contributed by atoms with Gasteiger partial charge in [-0.3, -0.25) is 21.0 Å². The molecule has 0 bridgehead atoms. The lowest BCUT2D eigenvalue weighted by molar-refractivity contribution is 0.0964. The van der Waals surface area contributed by atoms with E-state index in [4.69, 9.17) is 0 Å². The van der Waals surface area contributed by atoms with Crippen LogP contribution >= 0.6 is 17.0 Å². The molecule has 0 heterocycles. The van der Waals surface area contributed by atoms with E-state index in [2.05, 4.69) is 21.5 Å². The van der Waals surface area contributed by atoms with Gasteiger partial charge in [0.25, 0.3) is 5.91 Å². The van der Waals surface area contributed by atoms with E-state index in [1.54, 1.807) is 26.1 Å². The molecule has 0 atom stereocenters. The number of halogens is 1. The number of carbonyl (C=O) groups excluding carboxylic acids is 2. The van der Waals surface area contributed by atoms with Gasteiger partial charge in [0.15, 0.2) is 0 Å². The predicted molar refractivity (Wildman–Crippen MR) is 79.2 cm³/mol. The van der Waals surface area contributed by atoms with Crippen molar-refractivity contribution < 1.29 is 9.59 Å². The molecule has 0 aliphatic carbocycles. The summed E-state index contributed by atoms with van der Waals surface area (Å²) in [6.45, 7) is 2.93. The number of hydrazine groups is 1. The zero-order valence-corrected chi connectivity index (χ0v) is 12.7. The predicted octanol–water partition coefficient (Wildman–Crippen LogP) is 0.948. The first-order valence-electron chi connectivity index (χ1n) is 5.75. The van der Waals surface area contributed by atoms with Crippen LogP contribution in [0, 0.1) is 0 Å². The standard InChI is InChI=1S/C12H18N4O2.BrH/c1-3-14-12(18)16-11(17)10-6-4-9(5-7-10)8-15-13-2;/h4-7,13,15H,3,8H2,1-2H3,(H2,14,16,17,18);1H. The Labute approximate surface area is 123 Å². The normalized spacial score (nSPS) is 9.37. The van der Waals surface area contributed by atoms with Gasteiger partial charge in [0.1, 0.15) is 0 Å². The third-order valence-corrected chi connectivity index (χ3v) is 2.25. The van der Waals surface area contributed by atoms with Gasteiger partial charge in [-0.1, -0.05) is 12.1 Å². The number of imide groups is 1. The van der Waals surface area contributed by atoms with Crippen molar-refractivity contribution in [2.24, 2.45) is 0 Å². The molecular formula is C12H19BrN4O2. The van der Waals surface area contributed by atoms with Crippen LogP contribution in [0.3, 0.4) is 0 Å². The summed E-state index contributed by atoms with van der Waals surface area (Å²) in [5.74, 6) is -0.408. The molecule has 0 aromatic heterocycles. The summed E-state index contributed by atoms with van der Waals surface area (Å²) in [7, 11) is 1.79. The van der Waals surface area contributed by atoms with Crippen LogP contribution in [0.4, 0.5) is 4.79 Å². The number of hydrogen-bond acceptors (Lipinski definition) is 4. The molecule has 6 nitrogen and oxygen atoms in total. The molecule has 1 aromatic carbocycles. The van der Waals surface area contributed by atoms with Crippen LogP contribution in [-0.2, 0) is 6.54 Å². The summed E-state index contributed by atoms with van der Waals surface area (Å²) in [6.07, 6.45) is 0. The first kappa shape index (κ1) is 17.6. The van der Waals surface area contributed by atoms with E-state index in [1.807, 2.05) is 12.1 Å². The number of nitrogens with one attached hydrogen (secondary N) is 4. The summed E-state index contributed by atoms with van der Waals surface area (Å²) in [5.41, 5.74) is 7.25. The van der Waals surface area contributed by atoms with Gasteiger partial charge in [0, 0.05) is 18.7 Å². The van der Waals surface area contributed by atoms with Crippen molar-refractivity contribution in [2.75, 3.05) is 13.6 Å². The lowest BCUT2D eigenvalue weighted by Crippen LogP contribution is -2.39. The van der Waals surface area contributed by atoms with Crippen molar-refractivity contribution in [3.05, 3.63) is 35.4 Å². The molecule has 0 unspecified atom stereocenters. The van der Waals surface area contributed by atoms with E-state index in [0.29, 0.717) is 18.7 Å². The van der Waals surface area contributed by atoms with Crippen LogP contribution < -0.4 is 21.5 Å². The largest absolute Gasteiger partial charge is 0.338 e. The smallest absolute Gasteiger partial charge is 0.321 e. The van der Waals surface area contributed by atoms with Crippen LogP contribution in [0.1, 0.15) is 22.8 Å². The van der Waals surface area contributed by atoms with Crippen LogP contribution in [0.5, 0.6) is 0 Å². The second-order valence-corrected chi connectivity index (χ2v) is 3.61. The maximum Gasteiger partial charge on any atom is 0.321 e. The summed E-state index contributed by atoms with van der Waals surface area (Å²) >= 11 is 0. The molecule has 106 valence electrons. The number of hydrogen-bond donors (Lipinski definition) is 4. The second-order valence-electron chi connectivity index (χ2n) is 3.61. The number of amides is 3. The topological polar surface area (TPSA) is 82.3 Å². The van der Waals surface area contributed by atoms with E-state index in [9.17, 15) is 9.59 Å². The molecule has 0 aliphatic heterocycles. The highest BCUT2D eigenvalue weighted by Gasteiger charge is 2.08. The average Bonchev–Trinajstić information content (AvgIpc) is 2.37. The van der Waals surface area contributed by atoms with Crippen molar-refractivity contribution in [3.63, 3.8) is 0 Å². The lowest BCUT2D eigenvalue weighted by Gasteiger charge is -2.06. The SMILES string of the molecule is Br.CCNC(=O)NC(=O)c1ccc(CNNC)cc1. The van der Waals surface area contributed by atoms with Crippen LogP contribution in [0.25, 0.3) is 0 Å². The van der Waals surface area contributed by atoms with E-state index in [-0.39, 0.29) is 17.0 Å². The molecule has 19 heavy (non-hydrogen) atoms. The Morgan fingerprint density at radius 1 is 1.16 bits per heavy atom. The van der Waals surface area contributed by atoms with Gasteiger partial charge in [-0.25, -0.2) is 4.79 Å². The summed E-state index contributed by atoms with van der Waals surface area (Å²) in [5, 5.41) is 4.74. The Balaban J connectivity index is 0.00000324. The molecule has 1 aromatic rings. The molecular weight excluding hydrogens is 312 g/mol. The quantitative estimate of drug-likeness (QED) is 0.606. The molecule has 0 radical (unpaired) electrons. The second kappa shape index (κ2) is 9.48. The maximum absolute atomic E-state index is 11.7. The van der Waals surface area contributed by atoms with E-state index >= 15 is 0 Å². The van der Waals surface area contributed by atoms with Crippen molar-refractivity contribution in [1.29, 1.82) is 0 Å². The molecule has 7 heteroatoms. The molecule has 3 amide bonds. The Morgan fingerprint density at radius 3 is 2.32 bits per heavy atom. The summed E-state index contributed by atoms with van der Waals surface area (Å²) < 4.78 is 0. The first-order chi connectivity index (χ1) is 8.67. The maximum atomic E-state index is 11.7. The number of rotatable bonds is 5. The molecule has 0 fully saturated rings. The monoisotopic (exact) mass is 330 g/mol. The fraction of sp³-hybridized carbons (Fsp3) is 0.333. The highest BCUT2D eigenvalue weighted by Crippen LogP contribution is 2.04. The Morgan fingerprint density at radius 2 is 1.79 bits per heavy atom. The van der Waals surface area contributed by atoms with Gasteiger partial charge in [-0.2, -0.15) is 0 Å². The summed E-state index contributed by atoms with van der Waals surface area (Å²) in [6, 6.07) is 6.54. The van der Waals surface area contributed by atoms with Gasteiger partial charge in [0.2, 0.25) is 0 Å². The van der Waals surface area contributed by atoms with Crippen molar-refractivity contribution in [3.8, 4) is 0 Å². The molecule has 0 saturated carbocycles. The fourth-order valence-electron chi connectivity index (χ4n) is 1.34. The molecule has 4 N–H and O–H groups in total. The number of urea groups is 1. The fourth-order valence-corrected chi connectivity index (χ4v) is 1.34. The Hall–Kier alpha value is -1.44. The highest BCUT2D eigenvalue weighted by atomic mass is 79.9. The summed E-state index contributed by atoms with van der Waals surface area (Å²) in [4.78, 5) is 22.8. The van der Waals surface area contributed by atoms with Gasteiger partial charge in [-0.15, -0.1) is 17.0 Å². The number of carbonyl (C=O) groups is 2. The minimum Gasteiger partial charge on any atom is -0.338 e. The Bertz CT molecular complexity index is 409. The van der Waals surface area contributed by atoms with Crippen LogP contribution in [0.15, 0.2) is 24.3 Å². The molecule has 0 saturated heterocycles. The van der Waals surface area contributed by atoms with Crippen molar-refractivity contribution in [1.82, 2.24) is 21.5 Å². The van der Waals surface area contributed by atoms with E-state index < -0.39 is 11.9 Å². The lowest BCUT2D eigenvalue weighted by atomic mass is 10.1. The Kier molecular flexibility index (Phi) is 8.77. The molecule has 0 spiro atoms. The minimum absolute atomic E-state index is 0. The van der Waals surface area contributed by atoms with Gasteiger partial charge >= 0.3 is 6.03 Å². The third-order valence-electron chi connectivity index (χ3n) is 2.25. The molecule has 0 aliphatic rings. The third kappa shape index (κ3) is 6.32. The van der Waals surface area contributed by atoms with Crippen molar-refractivity contribution >= 4 is 28.9 Å². The minimum atomic E-state index is -0.483. The van der Waals surface area contributed by atoms with E-state index in [0.717, 1.165) is 5.56 Å². The van der Waals surface area contributed by atoms with E-state index in [1.165, 1.54) is 0 Å². The number of benzene rings is 1. The first-order valence-corrected chi connectivity index (χ1v) is 5.75.